The van der Waals surface area contributed by atoms with E-state index in [0.717, 1.165) is 0 Å². The second-order valence-electron chi connectivity index (χ2n) is 1.27. The third-order valence-corrected chi connectivity index (χ3v) is 0.400. The van der Waals surface area contributed by atoms with E-state index in [0.29, 0.717) is 0 Å². The van der Waals surface area contributed by atoms with E-state index < -0.39 is 5.97 Å². The molecule has 0 saturated carbocycles. The molecule has 3 nitrogen and oxygen atoms in total. The molecule has 0 fully saturated rings. The van der Waals surface area contributed by atoms with E-state index in [-0.39, 0.29) is 33.9 Å². The molecule has 0 rings (SSSR count). The van der Waals surface area contributed by atoms with Gasteiger partial charge in [0.25, 0.3) is 0 Å². The maximum Gasteiger partial charge on any atom is 4.00 e. The first-order chi connectivity index (χ1) is 7.13. The molecule has 0 bridgehead atoms. The molecule has 0 aliphatic heterocycles. The first kappa shape index (κ1) is 36.0. The molecule has 4 heteroatoms. The molecule has 1 N–H and O–H groups in total. The minimum absolute atomic E-state index is 0. The molecule has 0 heterocycles. The van der Waals surface area contributed by atoms with Crippen LogP contribution >= 0.6 is 0 Å². The minimum atomic E-state index is -1.06. The summed E-state index contributed by atoms with van der Waals surface area (Å²) in [6.45, 7) is 21.2. The summed E-state index contributed by atoms with van der Waals surface area (Å²) in [5, 5.41) is 7.86. The molecule has 96 valence electrons. The van der Waals surface area contributed by atoms with Gasteiger partial charge in [0, 0.05) is 0 Å². The zero-order chi connectivity index (χ0) is 13.9. The van der Waals surface area contributed by atoms with Gasteiger partial charge in [-0.15, -0.1) is 0 Å². The smallest absolute Gasteiger partial charge is 0.481 e. The summed E-state index contributed by atoms with van der Waals surface area (Å²) in [7, 11) is 0. The Morgan fingerprint density at radius 2 is 1.06 bits per heavy atom. The number of aliphatic carboxylic acids is 1. The van der Waals surface area contributed by atoms with Crippen molar-refractivity contribution in [3.8, 4) is 0 Å². The summed E-state index contributed by atoms with van der Waals surface area (Å²) in [5.41, 5.74) is 0. The Labute approximate surface area is 117 Å². The average Bonchev–Trinajstić information content (AvgIpc) is 2.27. The van der Waals surface area contributed by atoms with Crippen LogP contribution in [0.4, 0.5) is 0 Å². The monoisotopic (exact) mass is 266 g/mol. The molecule has 0 aliphatic carbocycles. The molecular weight excluding hydrogens is 240 g/mol. The maximum absolute atomic E-state index is 9.87. The number of ketones is 1. The van der Waals surface area contributed by atoms with Crippen LogP contribution in [0.15, 0.2) is 0 Å². The third-order valence-electron chi connectivity index (χ3n) is 0.400. The van der Waals surface area contributed by atoms with E-state index >= 15 is 0 Å². The van der Waals surface area contributed by atoms with Crippen LogP contribution in [-0.2, 0) is 31.3 Å². The van der Waals surface area contributed by atoms with Crippen LogP contribution in [0.5, 0.6) is 0 Å². The van der Waals surface area contributed by atoms with Gasteiger partial charge >= 0.3 is 27.7 Å². The second-order valence-corrected chi connectivity index (χ2v) is 1.27. The van der Waals surface area contributed by atoms with Crippen LogP contribution in [0.25, 0.3) is 0 Å². The summed E-state index contributed by atoms with van der Waals surface area (Å²) >= 11 is 0. The third kappa shape index (κ3) is 154. The van der Waals surface area contributed by atoms with Crippen molar-refractivity contribution in [1.82, 2.24) is 0 Å². The first-order valence-corrected chi connectivity index (χ1v) is 4.67. The summed E-state index contributed by atoms with van der Waals surface area (Å²) < 4.78 is 0. The number of carboxylic acids is 1. The van der Waals surface area contributed by atoms with Gasteiger partial charge < -0.3 is 32.8 Å². The molecule has 16 heavy (non-hydrogen) atoms. The number of carbonyl (C=O) groups is 2. The van der Waals surface area contributed by atoms with Crippen LogP contribution in [0, 0.1) is 27.7 Å². The number of rotatable bonds is 2. The Morgan fingerprint density at radius 1 is 0.875 bits per heavy atom. The topological polar surface area (TPSA) is 54.4 Å². The molecule has 0 aromatic carbocycles. The normalized spacial score (nSPS) is 5.06. The van der Waals surface area contributed by atoms with E-state index in [1.165, 1.54) is 6.92 Å². The minimum Gasteiger partial charge on any atom is -0.481 e. The standard InChI is InChI=1S/C4H6O3.4C2H5.Ti/c1-3(5)2-4(6)7;4*1-2;/h2H2,1H3,(H,6,7);4*1H2,2H3;/q;4*-1;+4. The summed E-state index contributed by atoms with van der Waals surface area (Å²) in [4.78, 5) is 19.5. The van der Waals surface area contributed by atoms with Crippen molar-refractivity contribution in [2.45, 2.75) is 41.0 Å². The van der Waals surface area contributed by atoms with Crippen molar-refractivity contribution < 1.29 is 36.4 Å². The molecule has 0 atom stereocenters. The Hall–Kier alpha value is -0.146. The van der Waals surface area contributed by atoms with Crippen LogP contribution in [0.2, 0.25) is 0 Å². The summed E-state index contributed by atoms with van der Waals surface area (Å²) in [6, 6.07) is 0. The summed E-state index contributed by atoms with van der Waals surface area (Å²) in [6.07, 6.45) is -0.361. The van der Waals surface area contributed by atoms with Crippen LogP contribution in [0.3, 0.4) is 0 Å². The number of carbonyl (C=O) groups excluding carboxylic acids is 1. The van der Waals surface area contributed by atoms with Gasteiger partial charge in [-0.25, -0.2) is 0 Å². The van der Waals surface area contributed by atoms with Gasteiger partial charge in [0.15, 0.2) is 0 Å². The van der Waals surface area contributed by atoms with Crippen molar-refractivity contribution in [1.29, 1.82) is 0 Å². The quantitative estimate of drug-likeness (QED) is 0.473. The molecule has 0 radical (unpaired) electrons. The van der Waals surface area contributed by atoms with Gasteiger partial charge in [0.2, 0.25) is 0 Å². The van der Waals surface area contributed by atoms with E-state index in [9.17, 15) is 9.59 Å². The fourth-order valence-corrected chi connectivity index (χ4v) is 0.213. The second kappa shape index (κ2) is 60.7. The summed E-state index contributed by atoms with van der Waals surface area (Å²) in [5.74, 6) is -1.37. The Bertz CT molecular complexity index is 92.4. The van der Waals surface area contributed by atoms with Gasteiger partial charge in [-0.3, -0.25) is 9.59 Å². The Morgan fingerprint density at radius 3 is 1.06 bits per heavy atom. The average molecular weight is 266 g/mol. The molecule has 0 amide bonds. The predicted octanol–water partition coefficient (Wildman–Crippen LogP) is 3.41. The van der Waals surface area contributed by atoms with Crippen LogP contribution < -0.4 is 0 Å². The fraction of sp³-hybridized carbons (Fsp3) is 0.500. The van der Waals surface area contributed by atoms with Gasteiger partial charge in [-0.2, -0.15) is 27.7 Å². The molecule has 0 unspecified atom stereocenters. The van der Waals surface area contributed by atoms with Crippen molar-refractivity contribution in [3.63, 3.8) is 0 Å². The molecular formula is C12H26O3Ti. The predicted molar refractivity (Wildman–Crippen MR) is 67.1 cm³/mol. The van der Waals surface area contributed by atoms with Gasteiger partial charge in [-0.1, -0.05) is 0 Å². The van der Waals surface area contributed by atoms with Crippen LogP contribution in [0.1, 0.15) is 41.0 Å². The van der Waals surface area contributed by atoms with Crippen molar-refractivity contribution in [2.75, 3.05) is 0 Å². The van der Waals surface area contributed by atoms with E-state index in [1.54, 1.807) is 27.7 Å². The van der Waals surface area contributed by atoms with Gasteiger partial charge in [-0.05, 0) is 6.92 Å². The van der Waals surface area contributed by atoms with Gasteiger partial charge in [0.1, 0.15) is 12.2 Å². The zero-order valence-electron chi connectivity index (χ0n) is 11.3. The van der Waals surface area contributed by atoms with Crippen molar-refractivity contribution >= 4 is 11.8 Å². The number of hydrogen-bond donors (Lipinski definition) is 1. The van der Waals surface area contributed by atoms with Crippen molar-refractivity contribution in [3.05, 3.63) is 27.7 Å². The first-order valence-electron chi connectivity index (χ1n) is 4.67. The van der Waals surface area contributed by atoms with Crippen molar-refractivity contribution in [2.24, 2.45) is 0 Å². The van der Waals surface area contributed by atoms with E-state index in [1.807, 2.05) is 0 Å². The van der Waals surface area contributed by atoms with Gasteiger partial charge in [0.05, 0.1) is 0 Å². The maximum atomic E-state index is 9.87. The molecule has 0 spiro atoms. The molecule has 0 saturated heterocycles. The number of Topliss-reactive ketones (excluding diaryl/α,β-unsaturated/α-hetero) is 1. The number of carboxylic acid groups (broad SMARTS) is 1. The Balaban J connectivity index is -0.0000000238. The largest absolute Gasteiger partial charge is 4.00 e. The van der Waals surface area contributed by atoms with Crippen LogP contribution in [-0.4, -0.2) is 16.9 Å². The SMILES string of the molecule is CC(=O)CC(=O)O.[CH2-]C.[CH2-]C.[CH2-]C.[CH2-]C.[Ti+4]. The molecule has 0 aliphatic rings. The zero-order valence-corrected chi connectivity index (χ0v) is 12.9. The molecule has 0 aromatic heterocycles. The molecule has 0 aromatic rings. The fourth-order valence-electron chi connectivity index (χ4n) is 0.213. The number of hydrogen-bond acceptors (Lipinski definition) is 2. The Kier molecular flexibility index (Phi) is 137. The van der Waals surface area contributed by atoms with E-state index in [4.69, 9.17) is 5.11 Å². The van der Waals surface area contributed by atoms with E-state index in [2.05, 4.69) is 27.7 Å².